The van der Waals surface area contributed by atoms with E-state index in [-0.39, 0.29) is 0 Å². The quantitative estimate of drug-likeness (QED) is 0.577. The van der Waals surface area contributed by atoms with Gasteiger partial charge in [0.1, 0.15) is 6.61 Å². The van der Waals surface area contributed by atoms with Gasteiger partial charge in [0.2, 0.25) is 0 Å². The Morgan fingerprint density at radius 3 is 2.69 bits per heavy atom. The molecule has 0 N–H and O–H groups in total. The summed E-state index contributed by atoms with van der Waals surface area (Å²) in [6, 6.07) is 5.88. The first-order valence-electron chi connectivity index (χ1n) is 4.42. The van der Waals surface area contributed by atoms with Crippen LogP contribution in [0, 0.1) is 6.92 Å². The van der Waals surface area contributed by atoms with Crippen LogP contribution in [-0.2, 0) is 16.5 Å². The second-order valence-electron chi connectivity index (χ2n) is 2.48. The van der Waals surface area contributed by atoms with Crippen LogP contribution in [-0.4, -0.2) is 0 Å². The third-order valence-corrected chi connectivity index (χ3v) is 1.67. The number of fused-ring (bicyclic) bond motifs is 1. The van der Waals surface area contributed by atoms with Gasteiger partial charge in [0.05, 0.1) is 0 Å². The average Bonchev–Trinajstić information content (AvgIpc) is 2.22. The molecule has 0 bridgehead atoms. The summed E-state index contributed by atoms with van der Waals surface area (Å²) in [6.07, 6.45) is 0. The van der Waals surface area contributed by atoms with Crippen molar-refractivity contribution in [3.8, 4) is 5.75 Å². The lowest BCUT2D eigenvalue weighted by atomic mass is 10.1. The summed E-state index contributed by atoms with van der Waals surface area (Å²) in [5, 5.41) is 4.38. The molecule has 1 aromatic rings. The lowest BCUT2D eigenvalue weighted by Crippen LogP contribution is -2.09. The van der Waals surface area contributed by atoms with Gasteiger partial charge in [-0.05, 0) is 17.5 Å². The lowest BCUT2D eigenvalue weighted by Gasteiger charge is -2.15. The first-order chi connectivity index (χ1) is 6.38. The molecule has 3 heteroatoms. The van der Waals surface area contributed by atoms with Crippen LogP contribution < -0.4 is 4.89 Å². The minimum Gasteiger partial charge on any atom is -0.308 e. The predicted octanol–water partition coefficient (Wildman–Crippen LogP) is 2.78. The van der Waals surface area contributed by atoms with Crippen molar-refractivity contribution in [2.45, 2.75) is 27.4 Å². The molecule has 1 aromatic carbocycles. The van der Waals surface area contributed by atoms with Gasteiger partial charge in [-0.3, -0.25) is 0 Å². The highest BCUT2D eigenvalue weighted by Gasteiger charge is 2.13. The second kappa shape index (κ2) is 4.84. The average molecular weight is 182 g/mol. The summed E-state index contributed by atoms with van der Waals surface area (Å²) >= 11 is 0. The lowest BCUT2D eigenvalue weighted by molar-refractivity contribution is -0.482. The first-order valence-corrected chi connectivity index (χ1v) is 4.42. The van der Waals surface area contributed by atoms with Crippen LogP contribution in [0.25, 0.3) is 0 Å². The monoisotopic (exact) mass is 182 g/mol. The molecule has 1 aliphatic rings. The molecule has 1 aliphatic heterocycles. The summed E-state index contributed by atoms with van der Waals surface area (Å²) < 4.78 is 0. The third-order valence-electron chi connectivity index (χ3n) is 1.67. The second-order valence-corrected chi connectivity index (χ2v) is 2.48. The summed E-state index contributed by atoms with van der Waals surface area (Å²) in [5.41, 5.74) is 2.09. The first kappa shape index (κ1) is 10.0. The van der Waals surface area contributed by atoms with Crippen LogP contribution in [0.5, 0.6) is 5.75 Å². The molecule has 1 heterocycles. The highest BCUT2D eigenvalue weighted by molar-refractivity contribution is 5.40. The zero-order valence-electron chi connectivity index (χ0n) is 8.16. The van der Waals surface area contributed by atoms with E-state index in [1.807, 2.05) is 39.0 Å². The standard InChI is InChI=1S/C8H8O3.C2H6/c1-6-3-2-4-7-5-9-11-10-8(6)7;1-2/h2-4H,5H2,1H3;1-2H3. The van der Waals surface area contributed by atoms with Crippen molar-refractivity contribution in [1.82, 2.24) is 0 Å². The molecule has 0 fully saturated rings. The highest BCUT2D eigenvalue weighted by atomic mass is 17.5. The summed E-state index contributed by atoms with van der Waals surface area (Å²) in [6.45, 7) is 6.42. The number of rotatable bonds is 0. The van der Waals surface area contributed by atoms with Crippen molar-refractivity contribution in [3.63, 3.8) is 0 Å². The number of hydrogen-bond donors (Lipinski definition) is 0. The zero-order valence-corrected chi connectivity index (χ0v) is 8.16. The van der Waals surface area contributed by atoms with E-state index in [4.69, 9.17) is 4.89 Å². The van der Waals surface area contributed by atoms with Crippen molar-refractivity contribution < 1.29 is 14.8 Å². The largest absolute Gasteiger partial charge is 0.308 e. The number of aryl methyl sites for hydroxylation is 1. The zero-order chi connectivity index (χ0) is 9.68. The Labute approximate surface area is 78.1 Å². The van der Waals surface area contributed by atoms with Crippen molar-refractivity contribution >= 4 is 0 Å². The highest BCUT2D eigenvalue weighted by Crippen LogP contribution is 2.27. The summed E-state index contributed by atoms with van der Waals surface area (Å²) in [5.74, 6) is 0.777. The maximum atomic E-state index is 4.83. The fourth-order valence-corrected chi connectivity index (χ4v) is 1.09. The van der Waals surface area contributed by atoms with E-state index < -0.39 is 0 Å². The number of hydrogen-bond acceptors (Lipinski definition) is 3. The van der Waals surface area contributed by atoms with Crippen LogP contribution in [0.1, 0.15) is 25.0 Å². The Kier molecular flexibility index (Phi) is 3.73. The number of benzene rings is 1. The Bertz CT molecular complexity index is 271. The van der Waals surface area contributed by atoms with Crippen LogP contribution in [0.3, 0.4) is 0 Å². The van der Waals surface area contributed by atoms with E-state index in [0.717, 1.165) is 16.9 Å². The van der Waals surface area contributed by atoms with Gasteiger partial charge >= 0.3 is 0 Å². The molecule has 0 aromatic heterocycles. The molecule has 0 atom stereocenters. The topological polar surface area (TPSA) is 27.7 Å². The maximum Gasteiger partial charge on any atom is 0.177 e. The van der Waals surface area contributed by atoms with Gasteiger partial charge in [0.25, 0.3) is 0 Å². The molecule has 0 spiro atoms. The van der Waals surface area contributed by atoms with Gasteiger partial charge in [-0.1, -0.05) is 32.0 Å². The van der Waals surface area contributed by atoms with Gasteiger partial charge in [-0.2, -0.15) is 4.89 Å². The van der Waals surface area contributed by atoms with Gasteiger partial charge in [-0.15, -0.1) is 0 Å². The fourth-order valence-electron chi connectivity index (χ4n) is 1.09. The van der Waals surface area contributed by atoms with Crippen molar-refractivity contribution in [1.29, 1.82) is 0 Å². The maximum absolute atomic E-state index is 4.83. The van der Waals surface area contributed by atoms with E-state index >= 15 is 0 Å². The normalized spacial score (nSPS) is 13.5. The molecule has 0 unspecified atom stereocenters. The van der Waals surface area contributed by atoms with Gasteiger partial charge in [0.15, 0.2) is 5.75 Å². The summed E-state index contributed by atoms with van der Waals surface area (Å²) in [7, 11) is 0. The minimum atomic E-state index is 0.455. The smallest absolute Gasteiger partial charge is 0.177 e. The van der Waals surface area contributed by atoms with Crippen molar-refractivity contribution in [3.05, 3.63) is 29.3 Å². The van der Waals surface area contributed by atoms with E-state index in [9.17, 15) is 0 Å². The Hall–Kier alpha value is -1.06. The molecule has 72 valence electrons. The van der Waals surface area contributed by atoms with Crippen LogP contribution in [0.15, 0.2) is 18.2 Å². The van der Waals surface area contributed by atoms with E-state index in [1.54, 1.807) is 0 Å². The fraction of sp³-hybridized carbons (Fsp3) is 0.400. The van der Waals surface area contributed by atoms with Crippen molar-refractivity contribution in [2.24, 2.45) is 0 Å². The van der Waals surface area contributed by atoms with Gasteiger partial charge in [-0.25, -0.2) is 0 Å². The number of para-hydroxylation sites is 1. The molecule has 0 radical (unpaired) electrons. The SMILES string of the molecule is CC.Cc1cccc2c1OOOC2. The van der Waals surface area contributed by atoms with Crippen LogP contribution in [0.4, 0.5) is 0 Å². The molecule has 0 aliphatic carbocycles. The molecule has 0 saturated heterocycles. The Balaban J connectivity index is 0.000000396. The minimum absolute atomic E-state index is 0.455. The third kappa shape index (κ3) is 2.20. The molecular weight excluding hydrogens is 168 g/mol. The Morgan fingerprint density at radius 2 is 2.00 bits per heavy atom. The van der Waals surface area contributed by atoms with Crippen molar-refractivity contribution in [2.75, 3.05) is 0 Å². The molecule has 0 amide bonds. The van der Waals surface area contributed by atoms with Crippen LogP contribution in [0.2, 0.25) is 0 Å². The molecule has 13 heavy (non-hydrogen) atoms. The molecule has 2 rings (SSSR count). The van der Waals surface area contributed by atoms with E-state index in [0.29, 0.717) is 6.61 Å². The molecule has 3 nitrogen and oxygen atoms in total. The van der Waals surface area contributed by atoms with Gasteiger partial charge in [0, 0.05) is 5.56 Å². The van der Waals surface area contributed by atoms with Crippen LogP contribution >= 0.6 is 0 Å². The van der Waals surface area contributed by atoms with Gasteiger partial charge < -0.3 is 4.89 Å². The van der Waals surface area contributed by atoms with E-state index in [2.05, 4.69) is 9.93 Å². The summed E-state index contributed by atoms with van der Waals surface area (Å²) in [4.78, 5) is 9.46. The van der Waals surface area contributed by atoms with E-state index in [1.165, 1.54) is 0 Å². The Morgan fingerprint density at radius 1 is 1.23 bits per heavy atom. The molecule has 0 saturated carbocycles. The predicted molar refractivity (Wildman–Crippen MR) is 49.0 cm³/mol. The molecular formula is C10H14O3.